The summed E-state index contributed by atoms with van der Waals surface area (Å²) in [6, 6.07) is 19.4. The Morgan fingerprint density at radius 1 is 1.11 bits per heavy atom. The summed E-state index contributed by atoms with van der Waals surface area (Å²) in [6.45, 7) is 8.05. The highest BCUT2D eigenvalue weighted by atomic mass is 32.2. The Kier molecular flexibility index (Phi) is 7.97. The van der Waals surface area contributed by atoms with Gasteiger partial charge in [0.2, 0.25) is 0 Å². The molecular formula is C26H30N4O4SSi. The van der Waals surface area contributed by atoms with E-state index in [1.165, 1.54) is 6.07 Å². The highest BCUT2D eigenvalue weighted by molar-refractivity contribution is 7.99. The van der Waals surface area contributed by atoms with Crippen molar-refractivity contribution in [2.75, 3.05) is 19.0 Å². The van der Waals surface area contributed by atoms with Gasteiger partial charge in [-0.2, -0.15) is 0 Å². The molecule has 0 spiro atoms. The average molecular weight is 523 g/mol. The molecule has 0 bridgehead atoms. The number of benzene rings is 2. The van der Waals surface area contributed by atoms with E-state index in [9.17, 15) is 10.1 Å². The minimum absolute atomic E-state index is 0.00118. The Morgan fingerprint density at radius 3 is 2.67 bits per heavy atom. The van der Waals surface area contributed by atoms with Crippen LogP contribution in [0.5, 0.6) is 5.75 Å². The molecular weight excluding hydrogens is 492 g/mol. The first-order chi connectivity index (χ1) is 17.2. The molecule has 2 aromatic carbocycles. The number of rotatable bonds is 11. The normalized spacial score (nSPS) is 11.6. The SMILES string of the molecule is COc1cccc(Sc2cn(COCC[Si](C)(C)C)c3nc(Nc4ccccc4[N+](=O)[O-])ccc23)c1. The third-order valence-corrected chi connectivity index (χ3v) is 8.28. The lowest BCUT2D eigenvalue weighted by Crippen LogP contribution is -2.22. The molecule has 8 nitrogen and oxygen atoms in total. The number of hydrogen-bond acceptors (Lipinski definition) is 7. The van der Waals surface area contributed by atoms with E-state index in [2.05, 4.69) is 25.0 Å². The second kappa shape index (κ2) is 11.1. The molecule has 10 heteroatoms. The predicted octanol–water partition coefficient (Wildman–Crippen LogP) is 7.16. The Morgan fingerprint density at radius 2 is 1.92 bits per heavy atom. The number of para-hydroxylation sites is 2. The van der Waals surface area contributed by atoms with Crippen molar-refractivity contribution in [3.8, 4) is 5.75 Å². The van der Waals surface area contributed by atoms with Gasteiger partial charge in [0, 0.05) is 42.1 Å². The maximum absolute atomic E-state index is 11.4. The van der Waals surface area contributed by atoms with Crippen LogP contribution in [0.25, 0.3) is 11.0 Å². The van der Waals surface area contributed by atoms with E-state index in [1.54, 1.807) is 37.1 Å². The molecule has 36 heavy (non-hydrogen) atoms. The fraction of sp³-hybridized carbons (Fsp3) is 0.269. The molecule has 1 N–H and O–H groups in total. The number of nitrogens with zero attached hydrogens (tertiary/aromatic N) is 3. The van der Waals surface area contributed by atoms with E-state index < -0.39 is 13.0 Å². The fourth-order valence-corrected chi connectivity index (χ4v) is 5.37. The summed E-state index contributed by atoms with van der Waals surface area (Å²) in [5.74, 6) is 1.32. The first-order valence-corrected chi connectivity index (χ1v) is 16.2. The van der Waals surface area contributed by atoms with Gasteiger partial charge in [0.25, 0.3) is 5.69 Å². The summed E-state index contributed by atoms with van der Waals surface area (Å²) in [6.07, 6.45) is 2.05. The van der Waals surface area contributed by atoms with Crippen LogP contribution in [0.15, 0.2) is 76.7 Å². The maximum Gasteiger partial charge on any atom is 0.292 e. The zero-order valence-corrected chi connectivity index (χ0v) is 22.7. The van der Waals surface area contributed by atoms with Crippen molar-refractivity contribution >= 4 is 48.1 Å². The standard InChI is InChI=1S/C26H30N4O4SSi/c1-33-19-8-7-9-20(16-19)35-24-17-29(18-34-14-15-36(2,3)4)26-21(24)12-13-25(28-26)27-22-10-5-6-11-23(22)30(31)32/h5-13,16-17H,14-15,18H2,1-4H3,(H,27,28). The van der Waals surface area contributed by atoms with E-state index in [-0.39, 0.29) is 5.69 Å². The summed E-state index contributed by atoms with van der Waals surface area (Å²) in [5.41, 5.74) is 1.14. The molecule has 4 rings (SSSR count). The van der Waals surface area contributed by atoms with Crippen molar-refractivity contribution in [3.05, 3.63) is 77.0 Å². The lowest BCUT2D eigenvalue weighted by atomic mass is 10.2. The molecule has 0 aliphatic heterocycles. The van der Waals surface area contributed by atoms with Crippen LogP contribution in [0.1, 0.15) is 0 Å². The van der Waals surface area contributed by atoms with Gasteiger partial charge in [0.1, 0.15) is 29.6 Å². The van der Waals surface area contributed by atoms with Gasteiger partial charge in [-0.05, 0) is 42.4 Å². The van der Waals surface area contributed by atoms with E-state index in [0.717, 1.165) is 32.6 Å². The van der Waals surface area contributed by atoms with Crippen LogP contribution >= 0.6 is 11.8 Å². The van der Waals surface area contributed by atoms with Crippen LogP contribution < -0.4 is 10.1 Å². The molecule has 0 radical (unpaired) electrons. The van der Waals surface area contributed by atoms with E-state index in [4.69, 9.17) is 14.5 Å². The molecule has 2 aromatic heterocycles. The van der Waals surface area contributed by atoms with Crippen molar-refractivity contribution in [3.63, 3.8) is 0 Å². The van der Waals surface area contributed by atoms with Gasteiger partial charge in [-0.3, -0.25) is 10.1 Å². The van der Waals surface area contributed by atoms with Crippen molar-refractivity contribution in [1.82, 2.24) is 9.55 Å². The molecule has 188 valence electrons. The van der Waals surface area contributed by atoms with Gasteiger partial charge in [-0.15, -0.1) is 0 Å². The van der Waals surface area contributed by atoms with Crippen LogP contribution in [0.2, 0.25) is 25.7 Å². The van der Waals surface area contributed by atoms with E-state index in [0.29, 0.717) is 24.8 Å². The van der Waals surface area contributed by atoms with Gasteiger partial charge in [-0.1, -0.05) is 49.6 Å². The van der Waals surface area contributed by atoms with Crippen LogP contribution in [-0.2, 0) is 11.5 Å². The second-order valence-electron chi connectivity index (χ2n) is 9.56. The maximum atomic E-state index is 11.4. The van der Waals surface area contributed by atoms with Crippen LogP contribution in [-0.4, -0.2) is 36.3 Å². The van der Waals surface area contributed by atoms with Gasteiger partial charge in [-0.25, -0.2) is 4.98 Å². The number of anilines is 2. The van der Waals surface area contributed by atoms with Gasteiger partial charge >= 0.3 is 0 Å². The zero-order valence-electron chi connectivity index (χ0n) is 20.9. The highest BCUT2D eigenvalue weighted by Crippen LogP contribution is 2.37. The van der Waals surface area contributed by atoms with E-state index >= 15 is 0 Å². The number of nitrogens with one attached hydrogen (secondary N) is 1. The largest absolute Gasteiger partial charge is 0.497 e. The molecule has 0 aliphatic rings. The van der Waals surface area contributed by atoms with Gasteiger partial charge < -0.3 is 19.4 Å². The summed E-state index contributed by atoms with van der Waals surface area (Å²) in [7, 11) is 0.454. The summed E-state index contributed by atoms with van der Waals surface area (Å²) >= 11 is 1.63. The summed E-state index contributed by atoms with van der Waals surface area (Å²) in [4.78, 5) is 17.9. The Labute approximate surface area is 215 Å². The lowest BCUT2D eigenvalue weighted by molar-refractivity contribution is -0.383. The molecule has 0 saturated carbocycles. The first-order valence-electron chi connectivity index (χ1n) is 11.6. The lowest BCUT2D eigenvalue weighted by Gasteiger charge is -2.15. The zero-order chi connectivity index (χ0) is 25.7. The van der Waals surface area contributed by atoms with Crippen LogP contribution in [0.3, 0.4) is 0 Å². The van der Waals surface area contributed by atoms with E-state index in [1.807, 2.05) is 47.2 Å². The number of ether oxygens (including phenoxy) is 2. The van der Waals surface area contributed by atoms with Gasteiger partial charge in [0.05, 0.1) is 12.0 Å². The average Bonchev–Trinajstić information content (AvgIpc) is 3.18. The minimum atomic E-state index is -1.20. The number of hydrogen-bond donors (Lipinski definition) is 1. The summed E-state index contributed by atoms with van der Waals surface area (Å²) in [5, 5.41) is 15.5. The minimum Gasteiger partial charge on any atom is -0.497 e. The number of nitro benzene ring substituents is 1. The monoisotopic (exact) mass is 522 g/mol. The number of pyridine rings is 1. The summed E-state index contributed by atoms with van der Waals surface area (Å²) < 4.78 is 13.4. The highest BCUT2D eigenvalue weighted by Gasteiger charge is 2.17. The molecule has 0 aliphatic carbocycles. The number of aromatic nitrogens is 2. The van der Waals surface area contributed by atoms with Crippen molar-refractivity contribution in [2.24, 2.45) is 0 Å². The number of nitro groups is 1. The quantitative estimate of drug-likeness (QED) is 0.0967. The Hall–Kier alpha value is -3.34. The molecule has 0 atom stereocenters. The third-order valence-electron chi connectivity index (χ3n) is 5.54. The molecule has 0 amide bonds. The first kappa shape index (κ1) is 25.7. The second-order valence-corrected chi connectivity index (χ2v) is 16.3. The third kappa shape index (κ3) is 6.45. The van der Waals surface area contributed by atoms with Crippen LogP contribution in [0.4, 0.5) is 17.2 Å². The topological polar surface area (TPSA) is 91.5 Å². The van der Waals surface area contributed by atoms with Crippen LogP contribution in [0, 0.1) is 10.1 Å². The number of fused-ring (bicyclic) bond motifs is 1. The van der Waals surface area contributed by atoms with Crippen molar-refractivity contribution in [2.45, 2.75) is 42.2 Å². The molecule has 0 fully saturated rings. The fourth-order valence-electron chi connectivity index (χ4n) is 3.59. The molecule has 2 heterocycles. The molecule has 0 saturated heterocycles. The smallest absolute Gasteiger partial charge is 0.292 e. The van der Waals surface area contributed by atoms with Crippen molar-refractivity contribution in [1.29, 1.82) is 0 Å². The van der Waals surface area contributed by atoms with Crippen molar-refractivity contribution < 1.29 is 14.4 Å². The predicted molar refractivity (Wildman–Crippen MR) is 147 cm³/mol. The number of methoxy groups -OCH3 is 1. The van der Waals surface area contributed by atoms with Gasteiger partial charge in [0.15, 0.2) is 0 Å². The Bertz CT molecular complexity index is 1370. The molecule has 0 unspecified atom stereocenters. The Balaban J connectivity index is 1.66. The molecule has 4 aromatic rings.